The molecule has 0 saturated carbocycles. The van der Waals surface area contributed by atoms with Crippen molar-refractivity contribution >= 4 is 39.0 Å². The van der Waals surface area contributed by atoms with Crippen molar-refractivity contribution in [1.82, 2.24) is 9.55 Å². The lowest BCUT2D eigenvalue weighted by Gasteiger charge is -2.13. The fraction of sp³-hybridized carbons (Fsp3) is 0.0833. The normalized spacial score (nSPS) is 11.4. The molecule has 4 aromatic rings. The number of para-hydroxylation sites is 1. The predicted octanol–water partition coefficient (Wildman–Crippen LogP) is 5.94. The van der Waals surface area contributed by atoms with Gasteiger partial charge < -0.3 is 0 Å². The fourth-order valence-corrected chi connectivity index (χ4v) is 3.57. The highest BCUT2D eigenvalue weighted by Crippen LogP contribution is 2.19. The molecule has 0 amide bonds. The molecule has 0 radical (unpaired) electrons. The van der Waals surface area contributed by atoms with E-state index in [0.717, 1.165) is 21.3 Å². The summed E-state index contributed by atoms with van der Waals surface area (Å²) < 4.78 is 2.69. The van der Waals surface area contributed by atoms with Gasteiger partial charge >= 0.3 is 0 Å². The zero-order valence-corrected chi connectivity index (χ0v) is 17.3. The Morgan fingerprint density at radius 1 is 0.893 bits per heavy atom. The molecule has 1 aromatic heterocycles. The number of aryl methyl sites for hydroxylation is 2. The Morgan fingerprint density at radius 2 is 1.71 bits per heavy atom. The van der Waals surface area contributed by atoms with Crippen molar-refractivity contribution in [2.45, 2.75) is 13.8 Å². The molecule has 0 aliphatic heterocycles. The van der Waals surface area contributed by atoms with Crippen LogP contribution in [0.2, 0.25) is 0 Å². The SMILES string of the molecule is Cc1ccc(-n2c(/C=C/c3cccc(Br)c3)nc3ccccc3c2=O)cc1C. The van der Waals surface area contributed by atoms with Gasteiger partial charge in [0.05, 0.1) is 16.6 Å². The average molecular weight is 431 g/mol. The summed E-state index contributed by atoms with van der Waals surface area (Å²) in [4.78, 5) is 18.1. The monoisotopic (exact) mass is 430 g/mol. The lowest BCUT2D eigenvalue weighted by Crippen LogP contribution is -2.22. The van der Waals surface area contributed by atoms with Gasteiger partial charge in [0.25, 0.3) is 5.56 Å². The van der Waals surface area contributed by atoms with Crippen LogP contribution < -0.4 is 5.56 Å². The maximum Gasteiger partial charge on any atom is 0.266 e. The highest BCUT2D eigenvalue weighted by atomic mass is 79.9. The first-order valence-electron chi connectivity index (χ1n) is 9.06. The van der Waals surface area contributed by atoms with E-state index in [1.54, 1.807) is 4.57 Å². The van der Waals surface area contributed by atoms with Gasteiger partial charge in [-0.25, -0.2) is 4.98 Å². The van der Waals surface area contributed by atoms with Crippen LogP contribution in [0.25, 0.3) is 28.7 Å². The molecule has 0 aliphatic rings. The summed E-state index contributed by atoms with van der Waals surface area (Å²) in [5, 5.41) is 0.611. The molecule has 0 fully saturated rings. The predicted molar refractivity (Wildman–Crippen MR) is 120 cm³/mol. The summed E-state index contributed by atoms with van der Waals surface area (Å²) in [5.41, 5.74) is 4.81. The van der Waals surface area contributed by atoms with Gasteiger partial charge in [-0.3, -0.25) is 9.36 Å². The Labute approximate surface area is 172 Å². The van der Waals surface area contributed by atoms with Crippen molar-refractivity contribution in [3.8, 4) is 5.69 Å². The Hall–Kier alpha value is -2.98. The second-order valence-corrected chi connectivity index (χ2v) is 7.70. The Balaban J connectivity index is 1.95. The Morgan fingerprint density at radius 3 is 2.50 bits per heavy atom. The molecule has 3 nitrogen and oxygen atoms in total. The summed E-state index contributed by atoms with van der Waals surface area (Å²) in [6, 6.07) is 21.5. The summed E-state index contributed by atoms with van der Waals surface area (Å²) in [5.74, 6) is 0.604. The molecular weight excluding hydrogens is 412 g/mol. The van der Waals surface area contributed by atoms with Crippen LogP contribution in [0, 0.1) is 13.8 Å². The van der Waals surface area contributed by atoms with Gasteiger partial charge in [0.1, 0.15) is 5.82 Å². The van der Waals surface area contributed by atoms with Crippen molar-refractivity contribution < 1.29 is 0 Å². The maximum absolute atomic E-state index is 13.3. The lowest BCUT2D eigenvalue weighted by molar-refractivity contribution is 0.941. The van der Waals surface area contributed by atoms with Gasteiger partial charge in [-0.1, -0.05) is 52.3 Å². The number of aromatic nitrogens is 2. The maximum atomic E-state index is 13.3. The van der Waals surface area contributed by atoms with E-state index in [2.05, 4.69) is 29.8 Å². The van der Waals surface area contributed by atoms with Gasteiger partial charge in [0, 0.05) is 4.47 Å². The van der Waals surface area contributed by atoms with Crippen LogP contribution in [-0.4, -0.2) is 9.55 Å². The zero-order valence-electron chi connectivity index (χ0n) is 15.7. The molecule has 138 valence electrons. The molecule has 0 unspecified atom stereocenters. The third-order valence-electron chi connectivity index (χ3n) is 4.82. The smallest absolute Gasteiger partial charge is 0.266 e. The largest absolute Gasteiger partial charge is 0.268 e. The first-order chi connectivity index (χ1) is 13.5. The van der Waals surface area contributed by atoms with Crippen LogP contribution in [0.1, 0.15) is 22.5 Å². The van der Waals surface area contributed by atoms with Crippen LogP contribution in [0.5, 0.6) is 0 Å². The zero-order chi connectivity index (χ0) is 19.7. The number of hydrogen-bond donors (Lipinski definition) is 0. The van der Waals surface area contributed by atoms with E-state index in [1.807, 2.05) is 78.9 Å². The fourth-order valence-electron chi connectivity index (χ4n) is 3.16. The molecule has 0 atom stereocenters. The van der Waals surface area contributed by atoms with E-state index in [1.165, 1.54) is 5.56 Å². The van der Waals surface area contributed by atoms with Crippen molar-refractivity contribution in [2.24, 2.45) is 0 Å². The minimum Gasteiger partial charge on any atom is -0.268 e. The van der Waals surface area contributed by atoms with Crippen LogP contribution in [-0.2, 0) is 0 Å². The number of hydrogen-bond acceptors (Lipinski definition) is 2. The molecule has 3 aromatic carbocycles. The molecule has 28 heavy (non-hydrogen) atoms. The Bertz CT molecular complexity index is 1270. The Kier molecular flexibility index (Phi) is 4.97. The van der Waals surface area contributed by atoms with Gasteiger partial charge in [-0.2, -0.15) is 0 Å². The first-order valence-corrected chi connectivity index (χ1v) is 9.85. The third-order valence-corrected chi connectivity index (χ3v) is 5.32. The van der Waals surface area contributed by atoms with E-state index in [4.69, 9.17) is 4.98 Å². The highest BCUT2D eigenvalue weighted by Gasteiger charge is 2.11. The van der Waals surface area contributed by atoms with Crippen molar-refractivity contribution in [2.75, 3.05) is 0 Å². The molecule has 0 aliphatic carbocycles. The van der Waals surface area contributed by atoms with Crippen molar-refractivity contribution in [3.05, 3.63) is 104 Å². The van der Waals surface area contributed by atoms with Gasteiger partial charge in [-0.15, -0.1) is 0 Å². The van der Waals surface area contributed by atoms with E-state index in [9.17, 15) is 4.79 Å². The molecule has 0 saturated heterocycles. The summed E-state index contributed by atoms with van der Waals surface area (Å²) >= 11 is 3.49. The molecule has 1 heterocycles. The molecular formula is C24H19BrN2O. The van der Waals surface area contributed by atoms with E-state index in [0.29, 0.717) is 16.7 Å². The van der Waals surface area contributed by atoms with E-state index in [-0.39, 0.29) is 5.56 Å². The number of rotatable bonds is 3. The van der Waals surface area contributed by atoms with Crippen LogP contribution >= 0.6 is 15.9 Å². The summed E-state index contributed by atoms with van der Waals surface area (Å²) in [7, 11) is 0. The summed E-state index contributed by atoms with van der Waals surface area (Å²) in [6.07, 6.45) is 3.86. The van der Waals surface area contributed by atoms with E-state index >= 15 is 0 Å². The average Bonchev–Trinajstić information content (AvgIpc) is 2.69. The van der Waals surface area contributed by atoms with Gasteiger partial charge in [-0.05, 0) is 73.0 Å². The number of benzene rings is 3. The lowest BCUT2D eigenvalue weighted by atomic mass is 10.1. The molecule has 4 heteroatoms. The number of nitrogens with zero attached hydrogens (tertiary/aromatic N) is 2. The van der Waals surface area contributed by atoms with Crippen molar-refractivity contribution in [3.63, 3.8) is 0 Å². The topological polar surface area (TPSA) is 34.9 Å². The molecule has 0 N–H and O–H groups in total. The van der Waals surface area contributed by atoms with Crippen LogP contribution in [0.15, 0.2) is 76.0 Å². The van der Waals surface area contributed by atoms with Crippen molar-refractivity contribution in [1.29, 1.82) is 0 Å². The minimum atomic E-state index is -0.0669. The molecule has 0 bridgehead atoms. The second kappa shape index (κ2) is 7.56. The number of halogens is 1. The highest BCUT2D eigenvalue weighted by molar-refractivity contribution is 9.10. The molecule has 0 spiro atoms. The quantitative estimate of drug-likeness (QED) is 0.403. The van der Waals surface area contributed by atoms with E-state index < -0.39 is 0 Å². The standard InChI is InChI=1S/C24H19BrN2O/c1-16-10-12-20(14-17(16)2)27-23(13-11-18-6-5-7-19(25)15-18)26-22-9-4-3-8-21(22)24(27)28/h3-15H,1-2H3/b13-11+. The third kappa shape index (κ3) is 3.56. The molecule has 4 rings (SSSR count). The first kappa shape index (κ1) is 18.4. The number of fused-ring (bicyclic) bond motifs is 1. The van der Waals surface area contributed by atoms with Crippen LogP contribution in [0.3, 0.4) is 0 Å². The van der Waals surface area contributed by atoms with Gasteiger partial charge in [0.2, 0.25) is 0 Å². The van der Waals surface area contributed by atoms with Gasteiger partial charge in [0.15, 0.2) is 0 Å². The second-order valence-electron chi connectivity index (χ2n) is 6.78. The van der Waals surface area contributed by atoms with Crippen LogP contribution in [0.4, 0.5) is 0 Å². The minimum absolute atomic E-state index is 0.0669. The summed E-state index contributed by atoms with van der Waals surface area (Å²) in [6.45, 7) is 4.12.